The molecule has 5 heteroatoms. The van der Waals surface area contributed by atoms with E-state index in [1.165, 1.54) is 12.1 Å². The third-order valence-corrected chi connectivity index (χ3v) is 2.85. The lowest BCUT2D eigenvalue weighted by molar-refractivity contribution is 0.159. The summed E-state index contributed by atoms with van der Waals surface area (Å²) in [5.74, 6) is 0.0992. The van der Waals surface area contributed by atoms with Gasteiger partial charge < -0.3 is 15.1 Å². The van der Waals surface area contributed by atoms with E-state index in [1.807, 2.05) is 5.01 Å². The average molecular weight is 235 g/mol. The third-order valence-electron chi connectivity index (χ3n) is 2.85. The Kier molecular flexibility index (Phi) is 3.49. The van der Waals surface area contributed by atoms with E-state index in [0.717, 1.165) is 26.2 Å². The molecule has 5 nitrogen and oxygen atoms in total. The van der Waals surface area contributed by atoms with Crippen molar-refractivity contribution in [3.63, 3.8) is 0 Å². The van der Waals surface area contributed by atoms with Gasteiger partial charge in [0.1, 0.15) is 11.5 Å². The molecule has 1 fully saturated rings. The maximum atomic E-state index is 9.58. The predicted octanol–water partition coefficient (Wildman–Crippen LogP) is 0.679. The zero-order valence-electron chi connectivity index (χ0n) is 9.87. The summed E-state index contributed by atoms with van der Waals surface area (Å²) in [4.78, 5) is 2.25. The van der Waals surface area contributed by atoms with Gasteiger partial charge in [0.15, 0.2) is 0 Å². The highest BCUT2D eigenvalue weighted by molar-refractivity contribution is 5.83. The Hall–Kier alpha value is -1.75. The van der Waals surface area contributed by atoms with Crippen molar-refractivity contribution in [2.24, 2.45) is 5.10 Å². The van der Waals surface area contributed by atoms with Crippen LogP contribution in [0.5, 0.6) is 11.5 Å². The van der Waals surface area contributed by atoms with Gasteiger partial charge in [0.05, 0.1) is 6.21 Å². The molecular weight excluding hydrogens is 218 g/mol. The lowest BCUT2D eigenvalue weighted by Gasteiger charge is -2.30. The molecule has 2 N–H and O–H groups in total. The van der Waals surface area contributed by atoms with Gasteiger partial charge in [0.25, 0.3) is 0 Å². The summed E-state index contributed by atoms with van der Waals surface area (Å²) in [7, 11) is 2.09. The minimum absolute atomic E-state index is 0.0443. The smallest absolute Gasteiger partial charge is 0.128 e. The zero-order chi connectivity index (χ0) is 12.3. The predicted molar refractivity (Wildman–Crippen MR) is 66.4 cm³/mol. The van der Waals surface area contributed by atoms with Gasteiger partial charge >= 0.3 is 0 Å². The van der Waals surface area contributed by atoms with Crippen LogP contribution in [0.2, 0.25) is 0 Å². The van der Waals surface area contributed by atoms with Gasteiger partial charge in [0, 0.05) is 37.8 Å². The van der Waals surface area contributed by atoms with Crippen molar-refractivity contribution in [2.45, 2.75) is 0 Å². The van der Waals surface area contributed by atoms with E-state index in [4.69, 9.17) is 5.11 Å². The average Bonchev–Trinajstić information content (AvgIpc) is 2.30. The fourth-order valence-corrected chi connectivity index (χ4v) is 1.70. The van der Waals surface area contributed by atoms with Gasteiger partial charge in [-0.05, 0) is 19.2 Å². The molecule has 0 aromatic heterocycles. The molecule has 0 bridgehead atoms. The van der Waals surface area contributed by atoms with Crippen molar-refractivity contribution in [1.29, 1.82) is 0 Å². The summed E-state index contributed by atoms with van der Waals surface area (Å²) >= 11 is 0. The van der Waals surface area contributed by atoms with Crippen LogP contribution in [-0.2, 0) is 0 Å². The summed E-state index contributed by atoms with van der Waals surface area (Å²) in [6.45, 7) is 3.79. The highest BCUT2D eigenvalue weighted by Gasteiger charge is 2.11. The van der Waals surface area contributed by atoms with Crippen LogP contribution in [0.3, 0.4) is 0 Å². The monoisotopic (exact) mass is 235 g/mol. The van der Waals surface area contributed by atoms with Crippen LogP contribution in [0, 0.1) is 0 Å². The van der Waals surface area contributed by atoms with Crippen LogP contribution in [0.1, 0.15) is 5.56 Å². The van der Waals surface area contributed by atoms with Crippen LogP contribution >= 0.6 is 0 Å². The molecule has 1 aliphatic rings. The molecule has 0 spiro atoms. The van der Waals surface area contributed by atoms with Gasteiger partial charge in [0.2, 0.25) is 0 Å². The highest BCUT2D eigenvalue weighted by atomic mass is 16.3. The topological polar surface area (TPSA) is 59.3 Å². The molecule has 92 valence electrons. The molecule has 1 aromatic rings. The Balaban J connectivity index is 2.00. The minimum Gasteiger partial charge on any atom is -0.508 e. The number of aromatic hydroxyl groups is 2. The Morgan fingerprint density at radius 2 is 1.88 bits per heavy atom. The van der Waals surface area contributed by atoms with E-state index in [2.05, 4.69) is 17.0 Å². The second-order valence-corrected chi connectivity index (χ2v) is 4.24. The largest absolute Gasteiger partial charge is 0.508 e. The fourth-order valence-electron chi connectivity index (χ4n) is 1.70. The number of rotatable bonds is 2. The van der Waals surface area contributed by atoms with Crippen molar-refractivity contribution in [3.8, 4) is 11.5 Å². The van der Waals surface area contributed by atoms with E-state index < -0.39 is 0 Å². The van der Waals surface area contributed by atoms with Gasteiger partial charge in [-0.15, -0.1) is 0 Å². The second kappa shape index (κ2) is 5.05. The molecule has 0 atom stereocenters. The summed E-state index contributed by atoms with van der Waals surface area (Å²) in [6.07, 6.45) is 1.63. The molecule has 1 aliphatic heterocycles. The molecule has 1 saturated heterocycles. The lowest BCUT2D eigenvalue weighted by Crippen LogP contribution is -2.41. The maximum Gasteiger partial charge on any atom is 0.128 e. The molecule has 0 aliphatic carbocycles. The standard InChI is InChI=1S/C12H17N3O2/c1-14-4-6-15(7-5-14)13-9-10-2-3-11(16)8-12(10)17/h2-3,8-9,16-17H,4-7H2,1H3/b13-9+. The fraction of sp³-hybridized carbons (Fsp3) is 0.417. The van der Waals surface area contributed by atoms with Gasteiger partial charge in [-0.2, -0.15) is 5.10 Å². The number of nitrogens with zero attached hydrogens (tertiary/aromatic N) is 3. The molecule has 1 heterocycles. The first-order valence-electron chi connectivity index (χ1n) is 5.64. The number of hydrogen-bond acceptors (Lipinski definition) is 5. The van der Waals surface area contributed by atoms with Gasteiger partial charge in [-0.1, -0.05) is 0 Å². The van der Waals surface area contributed by atoms with Crippen LogP contribution in [-0.4, -0.2) is 59.6 Å². The molecule has 0 radical (unpaired) electrons. The summed E-state index contributed by atoms with van der Waals surface area (Å²) in [6, 6.07) is 4.49. The van der Waals surface area contributed by atoms with Crippen LogP contribution in [0.25, 0.3) is 0 Å². The molecule has 1 aromatic carbocycles. The van der Waals surface area contributed by atoms with Crippen molar-refractivity contribution in [3.05, 3.63) is 23.8 Å². The first kappa shape index (κ1) is 11.7. The van der Waals surface area contributed by atoms with Crippen LogP contribution < -0.4 is 0 Å². The number of likely N-dealkylation sites (N-methyl/N-ethyl adjacent to an activating group) is 1. The molecule has 2 rings (SSSR count). The third kappa shape index (κ3) is 3.10. The molecule has 0 saturated carbocycles. The first-order valence-corrected chi connectivity index (χ1v) is 5.64. The number of piperazine rings is 1. The van der Waals surface area contributed by atoms with Crippen LogP contribution in [0.4, 0.5) is 0 Å². The highest BCUT2D eigenvalue weighted by Crippen LogP contribution is 2.20. The number of hydrogen-bond donors (Lipinski definition) is 2. The number of hydrazone groups is 1. The Morgan fingerprint density at radius 3 is 2.53 bits per heavy atom. The van der Waals surface area contributed by atoms with Gasteiger partial charge in [-0.3, -0.25) is 5.01 Å². The quantitative estimate of drug-likeness (QED) is 0.740. The Labute approximate surface area is 101 Å². The van der Waals surface area contributed by atoms with E-state index >= 15 is 0 Å². The van der Waals surface area contributed by atoms with Crippen molar-refractivity contribution in [2.75, 3.05) is 33.2 Å². The van der Waals surface area contributed by atoms with Crippen molar-refractivity contribution >= 4 is 6.21 Å². The van der Waals surface area contributed by atoms with Gasteiger partial charge in [-0.25, -0.2) is 0 Å². The summed E-state index contributed by atoms with van der Waals surface area (Å²) in [5, 5.41) is 25.0. The summed E-state index contributed by atoms with van der Waals surface area (Å²) < 4.78 is 0. The SMILES string of the molecule is CN1CCN(/N=C/c2ccc(O)cc2O)CC1. The minimum atomic E-state index is 0.0443. The van der Waals surface area contributed by atoms with E-state index in [-0.39, 0.29) is 11.5 Å². The number of phenols is 2. The zero-order valence-corrected chi connectivity index (χ0v) is 9.87. The van der Waals surface area contributed by atoms with E-state index in [1.54, 1.807) is 12.3 Å². The summed E-state index contributed by atoms with van der Waals surface area (Å²) in [5.41, 5.74) is 0.613. The Bertz CT molecular complexity index is 412. The van der Waals surface area contributed by atoms with Crippen molar-refractivity contribution < 1.29 is 10.2 Å². The molecule has 17 heavy (non-hydrogen) atoms. The second-order valence-electron chi connectivity index (χ2n) is 4.24. The Morgan fingerprint density at radius 1 is 1.18 bits per heavy atom. The molecule has 0 amide bonds. The molecular formula is C12H17N3O2. The van der Waals surface area contributed by atoms with E-state index in [9.17, 15) is 5.11 Å². The number of phenolic OH excluding ortho intramolecular Hbond substituents is 2. The molecule has 0 unspecified atom stereocenters. The normalized spacial score (nSPS) is 17.8. The van der Waals surface area contributed by atoms with Crippen LogP contribution in [0.15, 0.2) is 23.3 Å². The van der Waals surface area contributed by atoms with E-state index in [0.29, 0.717) is 5.56 Å². The maximum absolute atomic E-state index is 9.58. The lowest BCUT2D eigenvalue weighted by atomic mass is 10.2. The number of benzene rings is 1. The van der Waals surface area contributed by atoms with Crippen molar-refractivity contribution in [1.82, 2.24) is 9.91 Å². The first-order chi connectivity index (χ1) is 8.15.